The van der Waals surface area contributed by atoms with Crippen molar-refractivity contribution in [2.75, 3.05) is 0 Å². The molecule has 3 aromatic rings. The van der Waals surface area contributed by atoms with Crippen LogP contribution in [0.1, 0.15) is 11.3 Å². The van der Waals surface area contributed by atoms with Crippen molar-refractivity contribution in [1.82, 2.24) is 0 Å². The summed E-state index contributed by atoms with van der Waals surface area (Å²) in [6.45, 7) is 0. The molecule has 2 aromatic carbocycles. The molecule has 3 rings (SSSR count). The van der Waals surface area contributed by atoms with Crippen LogP contribution in [0.5, 0.6) is 0 Å². The van der Waals surface area contributed by atoms with Gasteiger partial charge in [-0.25, -0.2) is 4.39 Å². The molecule has 0 fully saturated rings. The maximum absolute atomic E-state index is 13.3. The molecule has 1 heterocycles. The molecule has 0 saturated heterocycles. The third-order valence-corrected chi connectivity index (χ3v) is 4.11. The number of benzene rings is 2. The van der Waals surface area contributed by atoms with Gasteiger partial charge in [0.1, 0.15) is 17.3 Å². The summed E-state index contributed by atoms with van der Waals surface area (Å²) >= 11 is 11.9. The van der Waals surface area contributed by atoms with Gasteiger partial charge in [-0.1, -0.05) is 35.3 Å². The first kappa shape index (κ1) is 16.3. The molecule has 0 unspecified atom stereocenters. The summed E-state index contributed by atoms with van der Waals surface area (Å²) in [5, 5.41) is 10.2. The quantitative estimate of drug-likeness (QED) is 0.504. The molecule has 24 heavy (non-hydrogen) atoms. The molecule has 0 aliphatic rings. The molecular formula is C19H10Cl2FNO. The van der Waals surface area contributed by atoms with Gasteiger partial charge in [0, 0.05) is 5.56 Å². The average molecular weight is 358 g/mol. The van der Waals surface area contributed by atoms with Crippen LogP contribution in [0.3, 0.4) is 0 Å². The molecule has 0 saturated carbocycles. The smallest absolute Gasteiger partial charge is 0.134 e. The lowest BCUT2D eigenvalue weighted by molar-refractivity contribution is 0.572. The summed E-state index contributed by atoms with van der Waals surface area (Å²) in [6.07, 6.45) is 1.57. The van der Waals surface area contributed by atoms with Gasteiger partial charge in [0.2, 0.25) is 0 Å². The molecular weight excluding hydrogens is 348 g/mol. The lowest BCUT2D eigenvalue weighted by Gasteiger charge is -2.00. The summed E-state index contributed by atoms with van der Waals surface area (Å²) in [7, 11) is 0. The first-order chi connectivity index (χ1) is 11.6. The number of hydrogen-bond acceptors (Lipinski definition) is 2. The van der Waals surface area contributed by atoms with E-state index in [9.17, 15) is 9.65 Å². The summed E-state index contributed by atoms with van der Waals surface area (Å²) in [6, 6.07) is 16.6. The van der Waals surface area contributed by atoms with E-state index in [1.807, 2.05) is 0 Å². The molecule has 0 amide bonds. The second-order valence-corrected chi connectivity index (χ2v) is 5.83. The van der Waals surface area contributed by atoms with E-state index in [1.165, 1.54) is 12.1 Å². The Balaban J connectivity index is 1.95. The Morgan fingerprint density at radius 2 is 1.88 bits per heavy atom. The second kappa shape index (κ2) is 6.92. The van der Waals surface area contributed by atoms with Crippen LogP contribution in [0.15, 0.2) is 59.0 Å². The summed E-state index contributed by atoms with van der Waals surface area (Å²) in [5.74, 6) is 0.679. The number of nitrogens with zero attached hydrogens (tertiary/aromatic N) is 1. The third-order valence-electron chi connectivity index (χ3n) is 3.37. The van der Waals surface area contributed by atoms with Gasteiger partial charge < -0.3 is 4.42 Å². The molecule has 0 N–H and O–H groups in total. The number of rotatable bonds is 3. The Kier molecular flexibility index (Phi) is 4.71. The monoisotopic (exact) mass is 357 g/mol. The topological polar surface area (TPSA) is 36.9 Å². The predicted octanol–water partition coefficient (Wildman–Crippen LogP) is 6.46. The summed E-state index contributed by atoms with van der Waals surface area (Å²) in [5.41, 5.74) is 1.57. The van der Waals surface area contributed by atoms with Gasteiger partial charge in [-0.05, 0) is 54.1 Å². The van der Waals surface area contributed by atoms with E-state index in [0.29, 0.717) is 32.7 Å². The molecule has 0 spiro atoms. The Bertz CT molecular complexity index is 969. The van der Waals surface area contributed by atoms with Crippen molar-refractivity contribution in [3.05, 3.63) is 81.8 Å². The van der Waals surface area contributed by atoms with E-state index >= 15 is 0 Å². The van der Waals surface area contributed by atoms with E-state index in [-0.39, 0.29) is 0 Å². The van der Waals surface area contributed by atoms with Crippen LogP contribution in [0.2, 0.25) is 10.0 Å². The minimum Gasteiger partial charge on any atom is -0.457 e. The van der Waals surface area contributed by atoms with E-state index in [2.05, 4.69) is 6.07 Å². The van der Waals surface area contributed by atoms with Crippen molar-refractivity contribution in [2.24, 2.45) is 0 Å². The fourth-order valence-corrected chi connectivity index (χ4v) is 2.51. The minimum atomic E-state index is -0.399. The molecule has 0 atom stereocenters. The van der Waals surface area contributed by atoms with E-state index < -0.39 is 5.82 Å². The molecule has 0 aliphatic heterocycles. The van der Waals surface area contributed by atoms with Gasteiger partial charge in [0.15, 0.2) is 0 Å². The van der Waals surface area contributed by atoms with Crippen LogP contribution in [0, 0.1) is 17.1 Å². The van der Waals surface area contributed by atoms with Crippen molar-refractivity contribution in [1.29, 1.82) is 5.26 Å². The molecule has 118 valence electrons. The molecule has 5 heteroatoms. The maximum atomic E-state index is 13.3. The number of hydrogen-bond donors (Lipinski definition) is 0. The highest BCUT2D eigenvalue weighted by Crippen LogP contribution is 2.30. The zero-order chi connectivity index (χ0) is 17.1. The zero-order valence-corrected chi connectivity index (χ0v) is 13.8. The minimum absolute atomic E-state index is 0.310. The Morgan fingerprint density at radius 3 is 2.58 bits per heavy atom. The van der Waals surface area contributed by atoms with Crippen LogP contribution in [0.4, 0.5) is 4.39 Å². The fraction of sp³-hybridized carbons (Fsp3) is 0. The normalized spacial score (nSPS) is 11.3. The van der Waals surface area contributed by atoms with Crippen LogP contribution in [0.25, 0.3) is 23.0 Å². The molecule has 2 nitrogen and oxygen atoms in total. The molecule has 0 bridgehead atoms. The third kappa shape index (κ3) is 3.51. The van der Waals surface area contributed by atoms with E-state index in [0.717, 1.165) is 5.56 Å². The lowest BCUT2D eigenvalue weighted by Crippen LogP contribution is -1.83. The van der Waals surface area contributed by atoms with Crippen LogP contribution < -0.4 is 0 Å². The highest BCUT2D eigenvalue weighted by molar-refractivity contribution is 6.42. The highest BCUT2D eigenvalue weighted by Gasteiger charge is 2.08. The zero-order valence-electron chi connectivity index (χ0n) is 12.3. The van der Waals surface area contributed by atoms with Crippen molar-refractivity contribution >= 4 is 34.9 Å². The number of halogens is 3. The lowest BCUT2D eigenvalue weighted by atomic mass is 10.1. The van der Waals surface area contributed by atoms with Gasteiger partial charge >= 0.3 is 0 Å². The first-order valence-electron chi connectivity index (χ1n) is 7.00. The number of nitriles is 1. The Hall–Kier alpha value is -2.54. The summed E-state index contributed by atoms with van der Waals surface area (Å²) < 4.78 is 19.0. The predicted molar refractivity (Wildman–Crippen MR) is 94.0 cm³/mol. The van der Waals surface area contributed by atoms with Crippen LogP contribution in [-0.2, 0) is 0 Å². The van der Waals surface area contributed by atoms with E-state index in [1.54, 1.807) is 48.5 Å². The largest absolute Gasteiger partial charge is 0.457 e. The first-order valence-corrected chi connectivity index (χ1v) is 7.75. The standard InChI is InChI=1S/C19H10Cl2FNO/c20-17-6-4-13(10-18(17)21)19-7-5-16(24-19)9-14(11-23)12-2-1-3-15(22)8-12/h1-10H/b14-9+. The average Bonchev–Trinajstić information content (AvgIpc) is 3.04. The molecule has 0 radical (unpaired) electrons. The van der Waals surface area contributed by atoms with Crippen LogP contribution in [-0.4, -0.2) is 0 Å². The van der Waals surface area contributed by atoms with Gasteiger partial charge in [-0.2, -0.15) is 5.26 Å². The van der Waals surface area contributed by atoms with Crippen molar-refractivity contribution < 1.29 is 8.81 Å². The maximum Gasteiger partial charge on any atom is 0.134 e. The van der Waals surface area contributed by atoms with Gasteiger partial charge in [-0.15, -0.1) is 0 Å². The Morgan fingerprint density at radius 1 is 1.04 bits per heavy atom. The van der Waals surface area contributed by atoms with Crippen molar-refractivity contribution in [3.63, 3.8) is 0 Å². The highest BCUT2D eigenvalue weighted by atomic mass is 35.5. The Labute approximate surface area is 148 Å². The fourth-order valence-electron chi connectivity index (χ4n) is 2.21. The molecule has 1 aromatic heterocycles. The van der Waals surface area contributed by atoms with Gasteiger partial charge in [-0.3, -0.25) is 0 Å². The SMILES string of the molecule is N#C/C(=C\c1ccc(-c2ccc(Cl)c(Cl)c2)o1)c1cccc(F)c1. The summed E-state index contributed by atoms with van der Waals surface area (Å²) in [4.78, 5) is 0. The number of allylic oxidation sites excluding steroid dienone is 1. The number of furan rings is 1. The van der Waals surface area contributed by atoms with Crippen molar-refractivity contribution in [3.8, 4) is 17.4 Å². The second-order valence-electron chi connectivity index (χ2n) is 5.01. The van der Waals surface area contributed by atoms with Crippen LogP contribution >= 0.6 is 23.2 Å². The van der Waals surface area contributed by atoms with Gasteiger partial charge in [0.05, 0.1) is 21.7 Å². The van der Waals surface area contributed by atoms with Gasteiger partial charge in [0.25, 0.3) is 0 Å². The van der Waals surface area contributed by atoms with E-state index in [4.69, 9.17) is 27.6 Å². The van der Waals surface area contributed by atoms with Crippen molar-refractivity contribution in [2.45, 2.75) is 0 Å². The molecule has 0 aliphatic carbocycles.